The van der Waals surface area contributed by atoms with E-state index in [1.807, 2.05) is 0 Å². The molecule has 0 saturated carbocycles. The van der Waals surface area contributed by atoms with Gasteiger partial charge in [0.15, 0.2) is 9.66 Å². The zero-order chi connectivity index (χ0) is 42.6. The van der Waals surface area contributed by atoms with E-state index in [0.29, 0.717) is 0 Å². The van der Waals surface area contributed by atoms with Gasteiger partial charge in [-0.05, 0) is 107 Å². The highest BCUT2D eigenvalue weighted by atomic mass is 32.1. The quantitative estimate of drug-likeness (QED) is 0.129. The number of nitrogens with zero attached hydrogens (tertiary/aromatic N) is 2. The summed E-state index contributed by atoms with van der Waals surface area (Å²) in [6, 6.07) is 36.7. The molecule has 8 aromatic rings. The van der Waals surface area contributed by atoms with Crippen LogP contribution in [0.2, 0.25) is 0 Å². The van der Waals surface area contributed by atoms with Crippen LogP contribution >= 0.6 is 22.7 Å². The first-order valence-corrected chi connectivity index (χ1v) is 23.0. The maximum absolute atomic E-state index is 5.36. The second-order valence-electron chi connectivity index (χ2n) is 17.7. The van der Waals surface area contributed by atoms with Gasteiger partial charge in [-0.1, -0.05) is 208 Å². The Morgan fingerprint density at radius 3 is 0.883 bits per heavy atom. The maximum Gasteiger partial charge on any atom is 0.215 e. The lowest BCUT2D eigenvalue weighted by Crippen LogP contribution is -2.49. The fraction of sp³-hybridized carbons (Fsp3) is 0.259. The summed E-state index contributed by atoms with van der Waals surface area (Å²) in [5, 5.41) is 2.09. The monoisotopic (exact) mass is 818 g/mol. The van der Waals surface area contributed by atoms with Crippen LogP contribution in [0, 0.1) is 83.1 Å². The Bertz CT molecular complexity index is 2500. The fourth-order valence-electron chi connectivity index (χ4n) is 10.8. The minimum absolute atomic E-state index is 0.221. The summed E-state index contributed by atoms with van der Waals surface area (Å²) < 4.78 is 0. The van der Waals surface area contributed by atoms with Crippen molar-refractivity contribution >= 4 is 67.6 Å². The van der Waals surface area contributed by atoms with Gasteiger partial charge in [-0.15, -0.1) is 0 Å². The number of rotatable bonds is 10. The summed E-state index contributed by atoms with van der Waals surface area (Å²) in [6.07, 6.45) is 1.79. The minimum Gasteiger partial charge on any atom is -0.223 e. The Kier molecular flexibility index (Phi) is 11.7. The highest BCUT2D eigenvalue weighted by Gasteiger charge is 2.30. The molecule has 0 radical (unpaired) electrons. The Morgan fingerprint density at radius 2 is 0.617 bits per heavy atom. The van der Waals surface area contributed by atoms with Crippen LogP contribution in [0.25, 0.3) is 30.8 Å². The minimum atomic E-state index is 0.221. The van der Waals surface area contributed by atoms with Gasteiger partial charge in [0.1, 0.15) is 10.0 Å². The molecule has 0 aliphatic carbocycles. The van der Waals surface area contributed by atoms with E-state index in [9.17, 15) is 0 Å². The molecule has 0 amide bonds. The number of hydrogen-bond donors (Lipinski definition) is 0. The molecule has 0 N–H and O–H groups in total. The van der Waals surface area contributed by atoms with Crippen molar-refractivity contribution in [3.8, 4) is 21.1 Å². The van der Waals surface area contributed by atoms with Crippen LogP contribution in [0.3, 0.4) is 0 Å². The summed E-state index contributed by atoms with van der Waals surface area (Å²) in [4.78, 5) is 12.7. The molecular formula is C54H56B2N2S2. The predicted molar refractivity (Wildman–Crippen MR) is 266 cm³/mol. The van der Waals surface area contributed by atoms with Gasteiger partial charge in [-0.3, -0.25) is 0 Å². The van der Waals surface area contributed by atoms with Crippen LogP contribution in [-0.4, -0.2) is 23.4 Å². The molecular weight excluding hydrogens is 762 g/mol. The van der Waals surface area contributed by atoms with Gasteiger partial charge in [-0.2, -0.15) is 0 Å². The molecule has 2 heterocycles. The van der Waals surface area contributed by atoms with Crippen LogP contribution < -0.4 is 21.9 Å². The summed E-state index contributed by atoms with van der Waals surface area (Å²) in [6.45, 7) is 27.6. The van der Waals surface area contributed by atoms with Crippen molar-refractivity contribution in [2.75, 3.05) is 0 Å². The fourth-order valence-corrected chi connectivity index (χ4v) is 12.9. The average Bonchev–Trinajstić information content (AvgIpc) is 3.73. The first kappa shape index (κ1) is 41.7. The van der Waals surface area contributed by atoms with Gasteiger partial charge < -0.3 is 0 Å². The van der Waals surface area contributed by atoms with Gasteiger partial charge in [0, 0.05) is 11.1 Å². The van der Waals surface area contributed by atoms with Crippen molar-refractivity contribution < 1.29 is 0 Å². The molecule has 0 spiro atoms. The molecule has 0 aliphatic rings. The molecule has 0 saturated heterocycles. The van der Waals surface area contributed by atoms with E-state index in [0.717, 1.165) is 32.3 Å². The van der Waals surface area contributed by atoms with Crippen LogP contribution in [0.5, 0.6) is 0 Å². The van der Waals surface area contributed by atoms with E-state index in [1.54, 1.807) is 22.7 Å². The summed E-state index contributed by atoms with van der Waals surface area (Å²) in [5.41, 5.74) is 27.0. The Balaban J connectivity index is 1.17. The Hall–Kier alpha value is -5.03. The zero-order valence-electron chi connectivity index (χ0n) is 37.5. The molecule has 6 heteroatoms. The highest BCUT2D eigenvalue weighted by Crippen LogP contribution is 2.39. The molecule has 0 atom stereocenters. The summed E-state index contributed by atoms with van der Waals surface area (Å²) >= 11 is 3.45. The van der Waals surface area contributed by atoms with Crippen LogP contribution in [0.1, 0.15) is 77.9 Å². The Morgan fingerprint density at radius 1 is 0.367 bits per heavy atom. The van der Waals surface area contributed by atoms with E-state index < -0.39 is 0 Å². The number of aryl methyl sites for hydroxylation is 12. The van der Waals surface area contributed by atoms with Gasteiger partial charge >= 0.3 is 0 Å². The maximum atomic E-state index is 5.36. The molecule has 0 aliphatic heterocycles. The predicted octanol–water partition coefficient (Wildman–Crippen LogP) is 11.6. The van der Waals surface area contributed by atoms with Gasteiger partial charge in [0.05, 0.1) is 0 Å². The van der Waals surface area contributed by atoms with Gasteiger partial charge in [-0.25, -0.2) is 9.97 Å². The molecule has 2 nitrogen and oxygen atoms in total. The standard InChI is InChI=1S/C54H56B2N2S2/c1-31-21-35(5)47(36(6)22-31)55(48-37(7)23-32(2)24-38(48)8)29-43-17-13-15-19-45(43)51-57-53-54(59-51)58-52(60-53)46-20-16-14-18-44(46)30-56(49-39(9)25-33(3)26-40(49)10)50-41(11)27-34(4)28-42(50)12/h13-28H,29-30H2,1-12H3. The van der Waals surface area contributed by atoms with E-state index in [4.69, 9.17) is 9.97 Å². The van der Waals surface area contributed by atoms with Crippen LogP contribution in [0.15, 0.2) is 97.1 Å². The molecule has 300 valence electrons. The van der Waals surface area contributed by atoms with E-state index in [2.05, 4.69) is 180 Å². The topological polar surface area (TPSA) is 25.8 Å². The Labute approximate surface area is 367 Å². The molecule has 2 aromatic heterocycles. The molecule has 0 bridgehead atoms. The number of hydrogen-bond acceptors (Lipinski definition) is 4. The smallest absolute Gasteiger partial charge is 0.215 e. The lowest BCUT2D eigenvalue weighted by molar-refractivity contribution is 1.30. The lowest BCUT2D eigenvalue weighted by Gasteiger charge is -2.25. The number of aromatic nitrogens is 2. The number of benzene rings is 6. The highest BCUT2D eigenvalue weighted by molar-refractivity contribution is 7.29. The molecule has 0 fully saturated rings. The van der Waals surface area contributed by atoms with Crippen molar-refractivity contribution in [3.63, 3.8) is 0 Å². The number of fused-ring (bicyclic) bond motifs is 1. The zero-order valence-corrected chi connectivity index (χ0v) is 39.2. The van der Waals surface area contributed by atoms with Gasteiger partial charge in [0.2, 0.25) is 13.4 Å². The van der Waals surface area contributed by atoms with E-state index in [-0.39, 0.29) is 13.4 Å². The van der Waals surface area contributed by atoms with E-state index >= 15 is 0 Å². The van der Waals surface area contributed by atoms with Crippen molar-refractivity contribution in [2.24, 2.45) is 0 Å². The summed E-state index contributed by atoms with van der Waals surface area (Å²) in [5.74, 6) is 0. The summed E-state index contributed by atoms with van der Waals surface area (Å²) in [7, 11) is 0. The first-order chi connectivity index (χ1) is 28.7. The second kappa shape index (κ2) is 16.8. The van der Waals surface area contributed by atoms with Crippen LogP contribution in [-0.2, 0) is 12.6 Å². The van der Waals surface area contributed by atoms with Crippen LogP contribution in [0.4, 0.5) is 0 Å². The SMILES string of the molecule is Cc1cc(C)c(B(Cc2ccccc2-c2nc3sc(-c4ccccc4CB(c4c(C)cc(C)cc4C)c4c(C)cc(C)cc4C)nc3s2)c2c(C)cc(C)cc2C)c(C)c1. The third-order valence-corrected chi connectivity index (χ3v) is 14.8. The average molecular weight is 819 g/mol. The normalized spacial score (nSPS) is 11.5. The second-order valence-corrected chi connectivity index (χ2v) is 19.7. The van der Waals surface area contributed by atoms with Crippen molar-refractivity contribution in [3.05, 3.63) is 175 Å². The molecule has 8 rings (SSSR count). The van der Waals surface area contributed by atoms with Crippen molar-refractivity contribution in [1.29, 1.82) is 0 Å². The first-order valence-electron chi connectivity index (χ1n) is 21.4. The molecule has 60 heavy (non-hydrogen) atoms. The van der Waals surface area contributed by atoms with Gasteiger partial charge in [0.25, 0.3) is 0 Å². The third-order valence-electron chi connectivity index (χ3n) is 12.7. The van der Waals surface area contributed by atoms with E-state index in [1.165, 1.54) is 111 Å². The number of thiazole rings is 2. The lowest BCUT2D eigenvalue weighted by atomic mass is 9.35. The molecule has 0 unspecified atom stereocenters. The van der Waals surface area contributed by atoms with Crippen molar-refractivity contribution in [2.45, 2.75) is 95.7 Å². The third kappa shape index (κ3) is 8.09. The van der Waals surface area contributed by atoms with Crippen molar-refractivity contribution in [1.82, 2.24) is 9.97 Å². The molecule has 6 aromatic carbocycles. The largest absolute Gasteiger partial charge is 0.223 e.